The lowest BCUT2D eigenvalue weighted by Gasteiger charge is -2.22. The van der Waals surface area contributed by atoms with Crippen LogP contribution in [0.25, 0.3) is 0 Å². The molecular formula is C25H54N6O3. The van der Waals surface area contributed by atoms with Crippen molar-refractivity contribution in [2.24, 2.45) is 0 Å². The zero-order chi connectivity index (χ0) is 25.6. The summed E-state index contributed by atoms with van der Waals surface area (Å²) in [5.74, 6) is 0.00203. The van der Waals surface area contributed by atoms with Crippen LogP contribution in [0.15, 0.2) is 0 Å². The first-order valence-corrected chi connectivity index (χ1v) is 13.1. The fourth-order valence-corrected chi connectivity index (χ4v) is 3.62. The Morgan fingerprint density at radius 1 is 0.647 bits per heavy atom. The smallest absolute Gasteiger partial charge is 0.222 e. The maximum atomic E-state index is 12.0. The number of likely N-dealkylation sites (N-methyl/N-ethyl adjacent to an activating group) is 1. The summed E-state index contributed by atoms with van der Waals surface area (Å²) in [6.45, 7) is 14.4. The first-order chi connectivity index (χ1) is 16.3. The summed E-state index contributed by atoms with van der Waals surface area (Å²) in [6, 6.07) is 0. The lowest BCUT2D eigenvalue weighted by Crippen LogP contribution is -2.37. The van der Waals surface area contributed by atoms with Crippen LogP contribution in [0, 0.1) is 0 Å². The number of ether oxygens (including phenoxy) is 1. The van der Waals surface area contributed by atoms with Crippen molar-refractivity contribution in [2.75, 3.05) is 107 Å². The maximum absolute atomic E-state index is 12.0. The van der Waals surface area contributed by atoms with Crippen molar-refractivity contribution in [3.63, 3.8) is 0 Å². The maximum Gasteiger partial charge on any atom is 0.222 e. The van der Waals surface area contributed by atoms with Gasteiger partial charge in [0.05, 0.1) is 13.2 Å². The van der Waals surface area contributed by atoms with Gasteiger partial charge < -0.3 is 35.0 Å². The summed E-state index contributed by atoms with van der Waals surface area (Å²) in [5, 5.41) is 5.94. The first kappa shape index (κ1) is 32.7. The number of carbonyl (C=O) groups excluding carboxylic acids is 2. The molecule has 202 valence electrons. The average molecular weight is 487 g/mol. The molecule has 0 heterocycles. The molecular weight excluding hydrogens is 432 g/mol. The fraction of sp³-hybridized carbons (Fsp3) is 0.920. The number of nitrogens with zero attached hydrogens (tertiary/aromatic N) is 4. The van der Waals surface area contributed by atoms with E-state index >= 15 is 0 Å². The van der Waals surface area contributed by atoms with Crippen LogP contribution < -0.4 is 10.6 Å². The Bertz CT molecular complexity index is 505. The highest BCUT2D eigenvalue weighted by molar-refractivity contribution is 5.76. The van der Waals surface area contributed by atoms with Crippen LogP contribution in [-0.4, -0.2) is 138 Å². The summed E-state index contributed by atoms with van der Waals surface area (Å²) in [5.41, 5.74) is 0. The number of hydrogen-bond acceptors (Lipinski definition) is 7. The van der Waals surface area contributed by atoms with Gasteiger partial charge >= 0.3 is 0 Å². The minimum absolute atomic E-state index is 0.000853. The van der Waals surface area contributed by atoms with E-state index in [0.717, 1.165) is 71.6 Å². The van der Waals surface area contributed by atoms with Gasteiger partial charge in [-0.3, -0.25) is 9.59 Å². The Morgan fingerprint density at radius 2 is 1.12 bits per heavy atom. The Kier molecular flexibility index (Phi) is 21.4. The fourth-order valence-electron chi connectivity index (χ4n) is 3.62. The molecule has 0 saturated heterocycles. The van der Waals surface area contributed by atoms with E-state index in [2.05, 4.69) is 72.3 Å². The quantitative estimate of drug-likeness (QED) is 0.208. The minimum Gasteiger partial charge on any atom is -0.380 e. The lowest BCUT2D eigenvalue weighted by atomic mass is 10.3. The molecule has 2 amide bonds. The zero-order valence-corrected chi connectivity index (χ0v) is 23.0. The van der Waals surface area contributed by atoms with E-state index in [0.29, 0.717) is 39.1 Å². The van der Waals surface area contributed by atoms with E-state index in [4.69, 9.17) is 4.74 Å². The van der Waals surface area contributed by atoms with Crippen LogP contribution in [0.1, 0.15) is 46.0 Å². The highest BCUT2D eigenvalue weighted by Gasteiger charge is 2.07. The van der Waals surface area contributed by atoms with Crippen LogP contribution in [0.2, 0.25) is 0 Å². The predicted octanol–water partition coefficient (Wildman–Crippen LogP) is 0.953. The molecule has 0 aromatic heterocycles. The lowest BCUT2D eigenvalue weighted by molar-refractivity contribution is -0.122. The van der Waals surface area contributed by atoms with Crippen molar-refractivity contribution in [1.82, 2.24) is 30.2 Å². The number of amides is 2. The monoisotopic (exact) mass is 486 g/mol. The summed E-state index contributed by atoms with van der Waals surface area (Å²) >= 11 is 0. The molecule has 0 aromatic carbocycles. The summed E-state index contributed by atoms with van der Waals surface area (Å²) in [7, 11) is 8.35. The molecule has 0 aliphatic carbocycles. The molecule has 0 aromatic rings. The second-order valence-corrected chi connectivity index (χ2v) is 9.40. The minimum atomic E-state index is -0.000853. The Labute approximate surface area is 209 Å². The standard InChI is InChI=1S/C25H54N6O3/c1-7-15-31(19-10-17-29(5)6)21-14-27-25(33)12-23-34-22-11-24(32)26-13-20-30(8-2)18-9-16-28(3)4/h7-23H2,1-6H3,(H,26,32)(H,27,33). The Hall–Kier alpha value is -1.26. The summed E-state index contributed by atoms with van der Waals surface area (Å²) in [6.07, 6.45) is 4.03. The van der Waals surface area contributed by atoms with Gasteiger partial charge in [0.25, 0.3) is 0 Å². The van der Waals surface area contributed by atoms with Crippen molar-refractivity contribution < 1.29 is 14.3 Å². The molecule has 0 radical (unpaired) electrons. The molecule has 0 saturated carbocycles. The average Bonchev–Trinajstić information content (AvgIpc) is 2.77. The number of hydrogen-bond donors (Lipinski definition) is 2. The van der Waals surface area contributed by atoms with E-state index in [1.165, 1.54) is 0 Å². The summed E-state index contributed by atoms with van der Waals surface area (Å²) < 4.78 is 5.49. The third-order valence-corrected chi connectivity index (χ3v) is 5.59. The first-order valence-electron chi connectivity index (χ1n) is 13.1. The predicted molar refractivity (Wildman–Crippen MR) is 141 cm³/mol. The topological polar surface area (TPSA) is 80.4 Å². The van der Waals surface area contributed by atoms with E-state index in [9.17, 15) is 9.59 Å². The third-order valence-electron chi connectivity index (χ3n) is 5.59. The van der Waals surface area contributed by atoms with Gasteiger partial charge in [-0.15, -0.1) is 0 Å². The normalized spacial score (nSPS) is 11.7. The molecule has 34 heavy (non-hydrogen) atoms. The highest BCUT2D eigenvalue weighted by Crippen LogP contribution is 1.96. The third kappa shape index (κ3) is 21.3. The molecule has 0 unspecified atom stereocenters. The summed E-state index contributed by atoms with van der Waals surface area (Å²) in [4.78, 5) is 33.2. The highest BCUT2D eigenvalue weighted by atomic mass is 16.5. The molecule has 9 heteroatoms. The van der Waals surface area contributed by atoms with E-state index < -0.39 is 0 Å². The van der Waals surface area contributed by atoms with Gasteiger partial charge in [-0.2, -0.15) is 0 Å². The molecule has 2 N–H and O–H groups in total. The van der Waals surface area contributed by atoms with E-state index in [1.807, 2.05) is 0 Å². The largest absolute Gasteiger partial charge is 0.380 e. The van der Waals surface area contributed by atoms with Crippen LogP contribution >= 0.6 is 0 Å². The van der Waals surface area contributed by atoms with Gasteiger partial charge in [0.15, 0.2) is 0 Å². The van der Waals surface area contributed by atoms with Crippen LogP contribution in [-0.2, 0) is 14.3 Å². The number of nitrogens with one attached hydrogen (secondary N) is 2. The van der Waals surface area contributed by atoms with Crippen molar-refractivity contribution >= 4 is 11.8 Å². The molecule has 0 spiro atoms. The van der Waals surface area contributed by atoms with Crippen molar-refractivity contribution in [3.05, 3.63) is 0 Å². The Balaban J connectivity index is 3.76. The zero-order valence-electron chi connectivity index (χ0n) is 23.0. The second-order valence-electron chi connectivity index (χ2n) is 9.40. The molecule has 0 fully saturated rings. The van der Waals surface area contributed by atoms with Gasteiger partial charge in [0.1, 0.15) is 0 Å². The Morgan fingerprint density at radius 3 is 1.56 bits per heavy atom. The van der Waals surface area contributed by atoms with Crippen molar-refractivity contribution in [3.8, 4) is 0 Å². The van der Waals surface area contributed by atoms with Crippen LogP contribution in [0.4, 0.5) is 0 Å². The second kappa shape index (κ2) is 22.2. The van der Waals surface area contributed by atoms with Crippen molar-refractivity contribution in [2.45, 2.75) is 46.0 Å². The molecule has 0 aliphatic heterocycles. The molecule has 0 bridgehead atoms. The molecule has 0 rings (SSSR count). The van der Waals surface area contributed by atoms with Gasteiger partial charge in [0, 0.05) is 39.0 Å². The van der Waals surface area contributed by atoms with Gasteiger partial charge in [-0.05, 0) is 86.7 Å². The van der Waals surface area contributed by atoms with Crippen LogP contribution in [0.3, 0.4) is 0 Å². The number of carbonyl (C=O) groups is 2. The van der Waals surface area contributed by atoms with Crippen molar-refractivity contribution in [1.29, 1.82) is 0 Å². The SMILES string of the molecule is CCCN(CCCN(C)C)CCNC(=O)CCOCCC(=O)NCCN(CC)CCCN(C)C. The van der Waals surface area contributed by atoms with Crippen LogP contribution in [0.5, 0.6) is 0 Å². The van der Waals surface area contributed by atoms with E-state index in [1.54, 1.807) is 0 Å². The number of rotatable bonds is 23. The van der Waals surface area contributed by atoms with Gasteiger partial charge in [-0.25, -0.2) is 0 Å². The van der Waals surface area contributed by atoms with Gasteiger partial charge in [-0.1, -0.05) is 13.8 Å². The molecule has 9 nitrogen and oxygen atoms in total. The van der Waals surface area contributed by atoms with E-state index in [-0.39, 0.29) is 11.8 Å². The molecule has 0 atom stereocenters. The molecule has 0 aliphatic rings. The van der Waals surface area contributed by atoms with Gasteiger partial charge in [0.2, 0.25) is 11.8 Å².